The molecule has 0 radical (unpaired) electrons. The maximum absolute atomic E-state index is 5.77. The normalized spacial score (nSPS) is 14.6. The van der Waals surface area contributed by atoms with E-state index in [1.54, 1.807) is 6.20 Å². The Bertz CT molecular complexity index is 576. The quantitative estimate of drug-likeness (QED) is 0.926. The molecule has 2 aromatic heterocycles. The van der Waals surface area contributed by atoms with Crippen LogP contribution < -0.4 is 5.73 Å². The lowest BCUT2D eigenvalue weighted by atomic mass is 10.0. The van der Waals surface area contributed by atoms with Crippen LogP contribution in [0.2, 0.25) is 0 Å². The summed E-state index contributed by atoms with van der Waals surface area (Å²) < 4.78 is 3.11. The number of hydrogen-bond acceptors (Lipinski definition) is 3. The van der Waals surface area contributed by atoms with Gasteiger partial charge in [-0.15, -0.1) is 0 Å². The molecule has 0 atom stereocenters. The minimum Gasteiger partial charge on any atom is -0.325 e. The van der Waals surface area contributed by atoms with Crippen LogP contribution in [0.1, 0.15) is 29.9 Å². The van der Waals surface area contributed by atoms with Gasteiger partial charge < -0.3 is 10.3 Å². The Labute approximate surface area is 114 Å². The number of nitrogens with two attached hydrogens (primary N) is 1. The van der Waals surface area contributed by atoms with Gasteiger partial charge in [0, 0.05) is 22.9 Å². The number of hydrogen-bond donors (Lipinski definition) is 1. The molecule has 1 aliphatic rings. The third-order valence-corrected chi connectivity index (χ3v) is 3.83. The average molecular weight is 307 g/mol. The van der Waals surface area contributed by atoms with Crippen molar-refractivity contribution in [1.29, 1.82) is 0 Å². The molecule has 0 fully saturated rings. The number of halogens is 1. The van der Waals surface area contributed by atoms with Crippen LogP contribution in [0.4, 0.5) is 0 Å². The molecular weight excluding hydrogens is 292 g/mol. The molecule has 0 saturated heterocycles. The molecule has 18 heavy (non-hydrogen) atoms. The van der Waals surface area contributed by atoms with E-state index in [0.717, 1.165) is 28.7 Å². The lowest BCUT2D eigenvalue weighted by Gasteiger charge is -2.15. The highest BCUT2D eigenvalue weighted by Gasteiger charge is 2.17. The van der Waals surface area contributed by atoms with Gasteiger partial charge in [-0.1, -0.05) is 0 Å². The maximum atomic E-state index is 5.77. The second kappa shape index (κ2) is 4.82. The molecule has 2 N–H and O–H groups in total. The van der Waals surface area contributed by atoms with E-state index in [1.807, 2.05) is 6.33 Å². The van der Waals surface area contributed by atoms with Crippen LogP contribution in [0.5, 0.6) is 0 Å². The Kier molecular flexibility index (Phi) is 3.18. The number of rotatable bonds is 2. The zero-order chi connectivity index (χ0) is 12.5. The van der Waals surface area contributed by atoms with Gasteiger partial charge >= 0.3 is 0 Å². The lowest BCUT2D eigenvalue weighted by molar-refractivity contribution is 0.654. The summed E-state index contributed by atoms with van der Waals surface area (Å²) in [6.45, 7) is 0.440. The highest BCUT2D eigenvalue weighted by Crippen LogP contribution is 2.25. The van der Waals surface area contributed by atoms with Crippen LogP contribution in [0.15, 0.2) is 23.1 Å². The van der Waals surface area contributed by atoms with Crippen molar-refractivity contribution in [3.8, 4) is 5.69 Å². The first-order valence-electron chi connectivity index (χ1n) is 6.19. The van der Waals surface area contributed by atoms with Gasteiger partial charge in [0.1, 0.15) is 0 Å². The van der Waals surface area contributed by atoms with Crippen LogP contribution >= 0.6 is 15.9 Å². The molecule has 5 heteroatoms. The molecule has 0 spiro atoms. The van der Waals surface area contributed by atoms with E-state index < -0.39 is 0 Å². The molecule has 0 aliphatic heterocycles. The van der Waals surface area contributed by atoms with Gasteiger partial charge in [0.15, 0.2) is 0 Å². The van der Waals surface area contributed by atoms with Gasteiger partial charge in [-0.25, -0.2) is 4.98 Å². The predicted molar refractivity (Wildman–Crippen MR) is 73.6 cm³/mol. The molecule has 0 bridgehead atoms. The first kappa shape index (κ1) is 11.9. The Morgan fingerprint density at radius 2 is 2.11 bits per heavy atom. The summed E-state index contributed by atoms with van der Waals surface area (Å²) in [7, 11) is 0. The Morgan fingerprint density at radius 3 is 2.94 bits per heavy atom. The minimum atomic E-state index is 0.440. The van der Waals surface area contributed by atoms with Crippen molar-refractivity contribution < 1.29 is 0 Å². The van der Waals surface area contributed by atoms with Crippen LogP contribution in [-0.2, 0) is 19.4 Å². The number of fused-ring (bicyclic) bond motifs is 1. The fourth-order valence-electron chi connectivity index (χ4n) is 2.50. The molecule has 0 amide bonds. The molecule has 94 valence electrons. The van der Waals surface area contributed by atoms with Crippen LogP contribution in [0.25, 0.3) is 5.69 Å². The van der Waals surface area contributed by atoms with E-state index in [-0.39, 0.29) is 0 Å². The van der Waals surface area contributed by atoms with Crippen molar-refractivity contribution in [2.45, 2.75) is 32.2 Å². The van der Waals surface area contributed by atoms with Gasteiger partial charge in [-0.2, -0.15) is 0 Å². The van der Waals surface area contributed by atoms with Gasteiger partial charge in [-0.3, -0.25) is 4.98 Å². The van der Waals surface area contributed by atoms with Crippen LogP contribution in [0.3, 0.4) is 0 Å². The summed E-state index contributed by atoms with van der Waals surface area (Å²) in [6.07, 6.45) is 8.34. The van der Waals surface area contributed by atoms with E-state index in [0.29, 0.717) is 6.54 Å². The predicted octanol–water partition coefficient (Wildman–Crippen LogP) is 2.37. The number of aromatic nitrogens is 3. The minimum absolute atomic E-state index is 0.440. The smallest absolute Gasteiger partial charge is 0.0998 e. The van der Waals surface area contributed by atoms with Crippen molar-refractivity contribution in [3.05, 3.63) is 40.1 Å². The van der Waals surface area contributed by atoms with Crippen molar-refractivity contribution >= 4 is 15.9 Å². The molecule has 4 nitrogen and oxygen atoms in total. The number of nitrogens with zero attached hydrogens (tertiary/aromatic N) is 3. The Hall–Kier alpha value is -1.20. The van der Waals surface area contributed by atoms with Crippen LogP contribution in [0, 0.1) is 0 Å². The summed E-state index contributed by atoms with van der Waals surface area (Å²) in [5.41, 5.74) is 10.3. The van der Waals surface area contributed by atoms with E-state index in [2.05, 4.69) is 36.5 Å². The van der Waals surface area contributed by atoms with Gasteiger partial charge in [0.05, 0.1) is 23.4 Å². The highest BCUT2D eigenvalue weighted by atomic mass is 79.9. The Balaban J connectivity index is 2.14. The molecule has 2 heterocycles. The van der Waals surface area contributed by atoms with E-state index in [9.17, 15) is 0 Å². The van der Waals surface area contributed by atoms with Crippen molar-refractivity contribution in [2.75, 3.05) is 0 Å². The zero-order valence-electron chi connectivity index (χ0n) is 10.1. The van der Waals surface area contributed by atoms with Crippen LogP contribution in [-0.4, -0.2) is 14.5 Å². The van der Waals surface area contributed by atoms with E-state index >= 15 is 0 Å². The van der Waals surface area contributed by atoms with Gasteiger partial charge in [0.25, 0.3) is 0 Å². The average Bonchev–Trinajstić information content (AvgIpc) is 2.82. The molecule has 0 saturated carbocycles. The third-order valence-electron chi connectivity index (χ3n) is 3.40. The van der Waals surface area contributed by atoms with Crippen molar-refractivity contribution in [3.63, 3.8) is 0 Å². The van der Waals surface area contributed by atoms with E-state index in [1.165, 1.54) is 24.2 Å². The summed E-state index contributed by atoms with van der Waals surface area (Å²) in [4.78, 5) is 8.90. The molecule has 1 aliphatic carbocycles. The second-order valence-corrected chi connectivity index (χ2v) is 5.45. The van der Waals surface area contributed by atoms with E-state index in [4.69, 9.17) is 5.73 Å². The topological polar surface area (TPSA) is 56.7 Å². The fraction of sp³-hybridized carbons (Fsp3) is 0.385. The summed E-state index contributed by atoms with van der Waals surface area (Å²) in [5.74, 6) is 0. The standard InChI is InChI=1S/C13H15BrN4/c14-9-5-13(11(6-15)16-7-9)18-8-17-10-3-1-2-4-12(10)18/h5,7-8H,1-4,6,15H2. The van der Waals surface area contributed by atoms with Gasteiger partial charge in [-0.05, 0) is 47.7 Å². The molecule has 0 unspecified atom stereocenters. The third kappa shape index (κ3) is 1.97. The fourth-order valence-corrected chi connectivity index (χ4v) is 2.82. The summed E-state index contributed by atoms with van der Waals surface area (Å²) in [5, 5.41) is 0. The maximum Gasteiger partial charge on any atom is 0.0998 e. The Morgan fingerprint density at radius 1 is 1.28 bits per heavy atom. The molecule has 3 rings (SSSR count). The monoisotopic (exact) mass is 306 g/mol. The largest absolute Gasteiger partial charge is 0.325 e. The van der Waals surface area contributed by atoms with Crippen molar-refractivity contribution in [2.24, 2.45) is 5.73 Å². The second-order valence-electron chi connectivity index (χ2n) is 4.54. The lowest BCUT2D eigenvalue weighted by Crippen LogP contribution is -2.11. The first-order chi connectivity index (χ1) is 8.79. The summed E-state index contributed by atoms with van der Waals surface area (Å²) in [6, 6.07) is 2.06. The molecule has 2 aromatic rings. The molecule has 0 aromatic carbocycles. The first-order valence-corrected chi connectivity index (χ1v) is 6.99. The van der Waals surface area contributed by atoms with Crippen molar-refractivity contribution in [1.82, 2.24) is 14.5 Å². The number of aryl methyl sites for hydroxylation is 1. The number of imidazole rings is 1. The zero-order valence-corrected chi connectivity index (χ0v) is 11.7. The SMILES string of the molecule is NCc1ncc(Br)cc1-n1cnc2c1CCCC2. The van der Waals surface area contributed by atoms with Gasteiger partial charge in [0.2, 0.25) is 0 Å². The molecular formula is C13H15BrN4. The summed E-state index contributed by atoms with van der Waals surface area (Å²) >= 11 is 3.47. The number of pyridine rings is 1. The highest BCUT2D eigenvalue weighted by molar-refractivity contribution is 9.10.